The number of rotatable bonds is 6. The van der Waals surface area contributed by atoms with Crippen LogP contribution >= 0.6 is 0 Å². The fourth-order valence-electron chi connectivity index (χ4n) is 2.21. The third-order valence-corrected chi connectivity index (χ3v) is 3.37. The van der Waals surface area contributed by atoms with Gasteiger partial charge in [-0.15, -0.1) is 0 Å². The maximum absolute atomic E-state index is 12.9. The highest BCUT2D eigenvalue weighted by atomic mass is 19.1. The molecule has 0 aliphatic carbocycles. The van der Waals surface area contributed by atoms with Crippen LogP contribution in [0, 0.1) is 5.82 Å². The first-order chi connectivity index (χ1) is 12.5. The second kappa shape index (κ2) is 7.64. The first-order valence-corrected chi connectivity index (χ1v) is 7.53. The number of hydrogen-bond donors (Lipinski definition) is 3. The van der Waals surface area contributed by atoms with E-state index in [1.165, 1.54) is 41.2 Å². The number of amides is 1. The van der Waals surface area contributed by atoms with Gasteiger partial charge >= 0.3 is 0 Å². The smallest absolute Gasteiger partial charge is 0.258 e. The number of anilines is 2. The highest BCUT2D eigenvalue weighted by Gasteiger charge is 2.11. The minimum absolute atomic E-state index is 0.152. The average Bonchev–Trinajstić information content (AvgIpc) is 3.07. The molecule has 9 heteroatoms. The number of carbonyl (C=O) groups excluding carboxylic acids is 1. The largest absolute Gasteiger partial charge is 0.457 e. The van der Waals surface area contributed by atoms with Gasteiger partial charge in [0.15, 0.2) is 0 Å². The number of benzene rings is 2. The van der Waals surface area contributed by atoms with Crippen molar-refractivity contribution >= 4 is 17.5 Å². The summed E-state index contributed by atoms with van der Waals surface area (Å²) in [5, 5.41) is 20.5. The van der Waals surface area contributed by atoms with Crippen LogP contribution in [0.4, 0.5) is 16.0 Å². The van der Waals surface area contributed by atoms with Gasteiger partial charge in [0, 0.05) is 18.1 Å². The van der Waals surface area contributed by atoms with Crippen molar-refractivity contribution in [2.75, 3.05) is 10.5 Å². The summed E-state index contributed by atoms with van der Waals surface area (Å²) in [4.78, 5) is 15.8. The van der Waals surface area contributed by atoms with Gasteiger partial charge in [0.2, 0.25) is 5.91 Å². The summed E-state index contributed by atoms with van der Waals surface area (Å²) >= 11 is 0. The minimum Gasteiger partial charge on any atom is -0.457 e. The highest BCUT2D eigenvalue weighted by molar-refractivity contribution is 5.90. The number of aromatic nitrogens is 2. The van der Waals surface area contributed by atoms with Gasteiger partial charge in [0.05, 0.1) is 0 Å². The molecule has 3 rings (SSSR count). The highest BCUT2D eigenvalue weighted by Crippen LogP contribution is 2.23. The van der Waals surface area contributed by atoms with Crippen molar-refractivity contribution in [1.82, 2.24) is 9.55 Å². The Morgan fingerprint density at radius 1 is 1.12 bits per heavy atom. The van der Waals surface area contributed by atoms with Gasteiger partial charge in [-0.25, -0.2) is 9.37 Å². The van der Waals surface area contributed by atoms with Crippen LogP contribution in [0.2, 0.25) is 0 Å². The molecule has 0 fully saturated rings. The van der Waals surface area contributed by atoms with E-state index in [1.807, 2.05) is 0 Å². The molecule has 0 bridgehead atoms. The molecule has 0 saturated carbocycles. The lowest BCUT2D eigenvalue weighted by molar-refractivity contribution is -0.116. The Hall–Kier alpha value is -3.43. The maximum atomic E-state index is 12.9. The van der Waals surface area contributed by atoms with E-state index in [1.54, 1.807) is 24.3 Å². The molecule has 0 saturated heterocycles. The van der Waals surface area contributed by atoms with Crippen LogP contribution in [0.1, 0.15) is 0 Å². The second-order valence-corrected chi connectivity index (χ2v) is 5.27. The van der Waals surface area contributed by atoms with Gasteiger partial charge < -0.3 is 14.6 Å². The third-order valence-electron chi connectivity index (χ3n) is 3.37. The number of carbonyl (C=O) groups is 1. The SMILES string of the molecule is O=C(Cn1ccnc1N(O)O)Nc1ccc(Oc2ccc(F)cc2)cc1. The van der Waals surface area contributed by atoms with Gasteiger partial charge in [0.1, 0.15) is 23.9 Å². The minimum atomic E-state index is -0.377. The molecule has 0 unspecified atom stereocenters. The van der Waals surface area contributed by atoms with Crippen molar-refractivity contribution in [3.8, 4) is 11.5 Å². The predicted octanol–water partition coefficient (Wildman–Crippen LogP) is 3.04. The molecule has 1 aromatic heterocycles. The monoisotopic (exact) mass is 358 g/mol. The van der Waals surface area contributed by atoms with Crippen molar-refractivity contribution < 1.29 is 24.3 Å². The molecule has 3 aromatic rings. The zero-order valence-corrected chi connectivity index (χ0v) is 13.4. The molecule has 0 atom stereocenters. The number of imidazole rings is 1. The summed E-state index contributed by atoms with van der Waals surface area (Å²) < 4.78 is 19.7. The fraction of sp³-hybridized carbons (Fsp3) is 0.0588. The van der Waals surface area contributed by atoms with Gasteiger partial charge in [-0.05, 0) is 48.5 Å². The van der Waals surface area contributed by atoms with Crippen molar-refractivity contribution in [3.63, 3.8) is 0 Å². The van der Waals surface area contributed by atoms with E-state index in [0.717, 1.165) is 0 Å². The molecule has 0 aliphatic heterocycles. The van der Waals surface area contributed by atoms with Crippen LogP contribution < -0.4 is 15.3 Å². The van der Waals surface area contributed by atoms with Crippen LogP contribution in [0.15, 0.2) is 60.9 Å². The fourth-order valence-corrected chi connectivity index (χ4v) is 2.21. The lowest BCUT2D eigenvalue weighted by Gasteiger charge is -2.11. The maximum Gasteiger partial charge on any atom is 0.258 e. The van der Waals surface area contributed by atoms with Crippen LogP contribution in [0.25, 0.3) is 0 Å². The molecule has 1 amide bonds. The summed E-state index contributed by atoms with van der Waals surface area (Å²) in [6.07, 6.45) is 2.78. The molecule has 2 aromatic carbocycles. The molecule has 1 heterocycles. The van der Waals surface area contributed by atoms with Crippen LogP contribution in [0.3, 0.4) is 0 Å². The number of nitrogens with one attached hydrogen (secondary N) is 1. The Labute approximate surface area is 147 Å². The lowest BCUT2D eigenvalue weighted by atomic mass is 10.3. The summed E-state index contributed by atoms with van der Waals surface area (Å²) in [5.41, 5.74) is 0.535. The second-order valence-electron chi connectivity index (χ2n) is 5.27. The first-order valence-electron chi connectivity index (χ1n) is 7.53. The standard InChI is InChI=1S/C17H15FN4O4/c18-12-1-5-14(6-2-12)26-15-7-3-13(4-8-15)20-16(23)11-21-10-9-19-17(21)22(24)25/h1-10,24-25H,11H2,(H,20,23). The summed E-state index contributed by atoms with van der Waals surface area (Å²) in [7, 11) is 0. The Morgan fingerprint density at radius 2 is 1.73 bits per heavy atom. The molecular weight excluding hydrogens is 343 g/mol. The number of hydrogen-bond acceptors (Lipinski definition) is 6. The number of ether oxygens (including phenoxy) is 1. The molecule has 0 radical (unpaired) electrons. The quantitative estimate of drug-likeness (QED) is 0.586. The van der Waals surface area contributed by atoms with Crippen LogP contribution in [-0.2, 0) is 11.3 Å². The topological polar surface area (TPSA) is 99.9 Å². The zero-order valence-electron chi connectivity index (χ0n) is 13.4. The Kier molecular flexibility index (Phi) is 5.11. The molecule has 3 N–H and O–H groups in total. The normalized spacial score (nSPS) is 10.4. The van der Waals surface area contributed by atoms with E-state index in [4.69, 9.17) is 15.2 Å². The van der Waals surface area contributed by atoms with E-state index < -0.39 is 0 Å². The molecule has 0 spiro atoms. The molecular formula is C17H15FN4O4. The summed E-state index contributed by atoms with van der Waals surface area (Å²) in [6, 6.07) is 12.2. The van der Waals surface area contributed by atoms with E-state index in [9.17, 15) is 9.18 Å². The first kappa shape index (κ1) is 17.4. The molecule has 0 aliphatic rings. The van der Waals surface area contributed by atoms with E-state index in [0.29, 0.717) is 17.2 Å². The Balaban J connectivity index is 1.59. The molecule has 26 heavy (non-hydrogen) atoms. The Bertz CT molecular complexity index is 879. The van der Waals surface area contributed by atoms with Gasteiger partial charge in [-0.3, -0.25) is 15.2 Å². The van der Waals surface area contributed by atoms with Gasteiger partial charge in [0.25, 0.3) is 5.95 Å². The van der Waals surface area contributed by atoms with Crippen LogP contribution in [-0.4, -0.2) is 25.9 Å². The average molecular weight is 358 g/mol. The van der Waals surface area contributed by atoms with Crippen molar-refractivity contribution in [1.29, 1.82) is 0 Å². The lowest BCUT2D eigenvalue weighted by Crippen LogP contribution is -2.23. The van der Waals surface area contributed by atoms with Gasteiger partial charge in [-0.1, -0.05) is 5.23 Å². The third kappa shape index (κ3) is 4.35. The van der Waals surface area contributed by atoms with E-state index >= 15 is 0 Å². The van der Waals surface area contributed by atoms with Crippen molar-refractivity contribution in [3.05, 3.63) is 66.7 Å². The Morgan fingerprint density at radius 3 is 2.35 bits per heavy atom. The molecule has 134 valence electrons. The van der Waals surface area contributed by atoms with Crippen LogP contribution in [0.5, 0.6) is 11.5 Å². The van der Waals surface area contributed by atoms with Crippen molar-refractivity contribution in [2.24, 2.45) is 0 Å². The van der Waals surface area contributed by atoms with Gasteiger partial charge in [-0.2, -0.15) is 0 Å². The predicted molar refractivity (Wildman–Crippen MR) is 89.8 cm³/mol. The summed E-state index contributed by atoms with van der Waals surface area (Å²) in [5.74, 6) is 0.125. The van der Waals surface area contributed by atoms with E-state index in [-0.39, 0.29) is 29.4 Å². The van der Waals surface area contributed by atoms with E-state index in [2.05, 4.69) is 10.3 Å². The number of halogens is 1. The zero-order chi connectivity index (χ0) is 18.5. The molecule has 8 nitrogen and oxygen atoms in total. The summed E-state index contributed by atoms with van der Waals surface area (Å²) in [6.45, 7) is -0.152. The van der Waals surface area contributed by atoms with Crippen molar-refractivity contribution in [2.45, 2.75) is 6.54 Å². The number of nitrogens with zero attached hydrogens (tertiary/aromatic N) is 3.